The lowest BCUT2D eigenvalue weighted by molar-refractivity contribution is 0.327. The number of hydrogen-bond donors (Lipinski definition) is 2. The van der Waals surface area contributed by atoms with Gasteiger partial charge in [-0.2, -0.15) is 5.26 Å². The summed E-state index contributed by atoms with van der Waals surface area (Å²) in [5, 5.41) is 15.1. The minimum atomic E-state index is 0.0529. The van der Waals surface area contributed by atoms with Crippen LogP contribution in [0.5, 0.6) is 0 Å². The molecule has 0 aromatic heterocycles. The first-order valence-corrected chi connectivity index (χ1v) is 4.16. The van der Waals surface area contributed by atoms with Gasteiger partial charge >= 0.3 is 0 Å². The van der Waals surface area contributed by atoms with Gasteiger partial charge in [-0.05, 0) is 38.9 Å². The summed E-state index contributed by atoms with van der Waals surface area (Å²) < 4.78 is 0. The second kappa shape index (κ2) is 4.32. The zero-order chi connectivity index (χ0) is 8.10. The summed E-state index contributed by atoms with van der Waals surface area (Å²) in [5.74, 6) is 0.547. The van der Waals surface area contributed by atoms with Crippen molar-refractivity contribution in [3.05, 3.63) is 0 Å². The highest BCUT2D eigenvalue weighted by molar-refractivity contribution is 4.95. The average Bonchev–Trinajstić information content (AvgIpc) is 2.09. The number of nitrogens with one attached hydrogen (secondary N) is 2. The average molecular weight is 153 g/mol. The Hall–Kier alpha value is -0.590. The van der Waals surface area contributed by atoms with Crippen molar-refractivity contribution in [1.29, 1.82) is 5.26 Å². The van der Waals surface area contributed by atoms with E-state index < -0.39 is 0 Å². The van der Waals surface area contributed by atoms with Crippen molar-refractivity contribution in [2.75, 3.05) is 20.1 Å². The minimum Gasteiger partial charge on any atom is -0.317 e. The van der Waals surface area contributed by atoms with Gasteiger partial charge in [0.2, 0.25) is 0 Å². The smallest absolute Gasteiger partial charge is 0.0979 e. The van der Waals surface area contributed by atoms with Crippen LogP contribution < -0.4 is 10.6 Å². The first-order valence-electron chi connectivity index (χ1n) is 4.16. The van der Waals surface area contributed by atoms with Crippen molar-refractivity contribution in [1.82, 2.24) is 10.6 Å². The van der Waals surface area contributed by atoms with Crippen LogP contribution in [0.2, 0.25) is 0 Å². The lowest BCUT2D eigenvalue weighted by Gasteiger charge is -2.25. The molecule has 3 heteroatoms. The summed E-state index contributed by atoms with van der Waals surface area (Å²) in [4.78, 5) is 0. The van der Waals surface area contributed by atoms with Crippen molar-refractivity contribution in [3.63, 3.8) is 0 Å². The van der Waals surface area contributed by atoms with E-state index in [1.165, 1.54) is 0 Å². The van der Waals surface area contributed by atoms with Crippen molar-refractivity contribution >= 4 is 0 Å². The van der Waals surface area contributed by atoms with Crippen LogP contribution in [0.3, 0.4) is 0 Å². The number of rotatable bonds is 2. The summed E-state index contributed by atoms with van der Waals surface area (Å²) >= 11 is 0. The van der Waals surface area contributed by atoms with Crippen molar-refractivity contribution < 1.29 is 0 Å². The normalized spacial score (nSPS) is 22.5. The minimum absolute atomic E-state index is 0.0529. The molecule has 62 valence electrons. The molecular formula is C8H15N3. The van der Waals surface area contributed by atoms with Gasteiger partial charge in [0.25, 0.3) is 0 Å². The van der Waals surface area contributed by atoms with Crippen LogP contribution >= 0.6 is 0 Å². The van der Waals surface area contributed by atoms with Gasteiger partial charge in [0, 0.05) is 0 Å². The molecule has 1 unspecified atom stereocenters. The standard InChI is InChI=1S/C8H15N3/c1-10-8(6-9)7-2-4-11-5-3-7/h7-8,10-11H,2-5H2,1H3. The zero-order valence-corrected chi connectivity index (χ0v) is 6.93. The predicted octanol–water partition coefficient (Wildman–Crippen LogP) is 0.0976. The van der Waals surface area contributed by atoms with Crippen molar-refractivity contribution in [2.24, 2.45) is 5.92 Å². The Morgan fingerprint density at radius 3 is 2.64 bits per heavy atom. The van der Waals surface area contributed by atoms with Gasteiger partial charge < -0.3 is 10.6 Å². The molecule has 0 radical (unpaired) electrons. The highest BCUT2D eigenvalue weighted by Gasteiger charge is 2.21. The lowest BCUT2D eigenvalue weighted by Crippen LogP contribution is -2.39. The quantitative estimate of drug-likeness (QED) is 0.591. The fourth-order valence-electron chi connectivity index (χ4n) is 1.58. The molecule has 1 aliphatic rings. The van der Waals surface area contributed by atoms with Crippen LogP contribution in [-0.4, -0.2) is 26.2 Å². The fourth-order valence-corrected chi connectivity index (χ4v) is 1.58. The van der Waals surface area contributed by atoms with Crippen LogP contribution in [0.4, 0.5) is 0 Å². The third kappa shape index (κ3) is 2.18. The Kier molecular flexibility index (Phi) is 3.34. The van der Waals surface area contributed by atoms with E-state index in [0.29, 0.717) is 5.92 Å². The largest absolute Gasteiger partial charge is 0.317 e. The molecule has 2 N–H and O–H groups in total. The Balaban J connectivity index is 2.38. The maximum atomic E-state index is 8.75. The number of hydrogen-bond acceptors (Lipinski definition) is 3. The molecule has 0 amide bonds. The molecule has 1 heterocycles. The van der Waals surface area contributed by atoms with Gasteiger partial charge in [-0.15, -0.1) is 0 Å². The molecule has 0 aromatic carbocycles. The Morgan fingerprint density at radius 2 is 2.18 bits per heavy atom. The molecular weight excluding hydrogens is 138 g/mol. The van der Waals surface area contributed by atoms with Crippen LogP contribution in [0.1, 0.15) is 12.8 Å². The highest BCUT2D eigenvalue weighted by atomic mass is 14.9. The first-order chi connectivity index (χ1) is 5.38. The van der Waals surface area contributed by atoms with E-state index >= 15 is 0 Å². The number of piperidine rings is 1. The molecule has 1 atom stereocenters. The third-order valence-electron chi connectivity index (χ3n) is 2.31. The van der Waals surface area contributed by atoms with Crippen molar-refractivity contribution in [2.45, 2.75) is 18.9 Å². The second-order valence-corrected chi connectivity index (χ2v) is 2.98. The first kappa shape index (κ1) is 8.51. The van der Waals surface area contributed by atoms with Gasteiger partial charge in [-0.1, -0.05) is 0 Å². The molecule has 1 saturated heterocycles. The van der Waals surface area contributed by atoms with E-state index in [9.17, 15) is 0 Å². The van der Waals surface area contributed by atoms with Gasteiger partial charge in [0.15, 0.2) is 0 Å². The molecule has 1 rings (SSSR count). The van der Waals surface area contributed by atoms with Crippen LogP contribution in [0, 0.1) is 17.2 Å². The SMILES string of the molecule is CNC(C#N)C1CCNCC1. The summed E-state index contributed by atoms with van der Waals surface area (Å²) in [6.45, 7) is 2.12. The maximum absolute atomic E-state index is 8.75. The number of nitrogens with zero attached hydrogens (tertiary/aromatic N) is 1. The van der Waals surface area contributed by atoms with E-state index in [2.05, 4.69) is 16.7 Å². The third-order valence-corrected chi connectivity index (χ3v) is 2.31. The topological polar surface area (TPSA) is 47.9 Å². The molecule has 0 bridgehead atoms. The maximum Gasteiger partial charge on any atom is 0.0979 e. The summed E-state index contributed by atoms with van der Waals surface area (Å²) in [5.41, 5.74) is 0. The molecule has 0 saturated carbocycles. The van der Waals surface area contributed by atoms with Crippen molar-refractivity contribution in [3.8, 4) is 6.07 Å². The number of nitriles is 1. The van der Waals surface area contributed by atoms with E-state index in [1.807, 2.05) is 7.05 Å². The predicted molar refractivity (Wildman–Crippen MR) is 44.1 cm³/mol. The monoisotopic (exact) mass is 153 g/mol. The molecule has 1 fully saturated rings. The van der Waals surface area contributed by atoms with Gasteiger partial charge in [0.05, 0.1) is 12.1 Å². The highest BCUT2D eigenvalue weighted by Crippen LogP contribution is 2.15. The van der Waals surface area contributed by atoms with Gasteiger partial charge in [-0.3, -0.25) is 0 Å². The Bertz CT molecular complexity index is 144. The summed E-state index contributed by atoms with van der Waals surface area (Å²) in [6, 6.07) is 2.34. The fraction of sp³-hybridized carbons (Fsp3) is 0.875. The molecule has 0 aromatic rings. The van der Waals surface area contributed by atoms with Gasteiger partial charge in [0.1, 0.15) is 0 Å². The summed E-state index contributed by atoms with van der Waals surface area (Å²) in [6.07, 6.45) is 2.25. The summed E-state index contributed by atoms with van der Waals surface area (Å²) in [7, 11) is 1.86. The second-order valence-electron chi connectivity index (χ2n) is 2.98. The Morgan fingerprint density at radius 1 is 1.55 bits per heavy atom. The molecule has 0 spiro atoms. The van der Waals surface area contributed by atoms with Crippen LogP contribution in [-0.2, 0) is 0 Å². The van der Waals surface area contributed by atoms with Gasteiger partial charge in [-0.25, -0.2) is 0 Å². The lowest BCUT2D eigenvalue weighted by atomic mass is 9.91. The van der Waals surface area contributed by atoms with E-state index in [-0.39, 0.29) is 6.04 Å². The van der Waals surface area contributed by atoms with E-state index in [4.69, 9.17) is 5.26 Å². The van der Waals surface area contributed by atoms with Crippen LogP contribution in [0.25, 0.3) is 0 Å². The van der Waals surface area contributed by atoms with Crippen LogP contribution in [0.15, 0.2) is 0 Å². The molecule has 1 aliphatic heterocycles. The van der Waals surface area contributed by atoms with E-state index in [1.54, 1.807) is 0 Å². The molecule has 3 nitrogen and oxygen atoms in total. The molecule has 11 heavy (non-hydrogen) atoms. The molecule has 0 aliphatic carbocycles. The van der Waals surface area contributed by atoms with E-state index in [0.717, 1.165) is 25.9 Å². The Labute approximate surface area is 67.8 Å². The zero-order valence-electron chi connectivity index (χ0n) is 6.93.